The molecule has 3 heterocycles. The SMILES string of the molecule is CCN(C[C@H]1CCCO1)C(=O)C1CCN(c2nc(-c3ccccc3)nc3c2CCC3)CC1. The second kappa shape index (κ2) is 9.57. The molecule has 6 heteroatoms. The smallest absolute Gasteiger partial charge is 0.225 e. The van der Waals surface area contributed by atoms with E-state index in [1.54, 1.807) is 0 Å². The van der Waals surface area contributed by atoms with Gasteiger partial charge in [0.05, 0.1) is 6.10 Å². The van der Waals surface area contributed by atoms with Gasteiger partial charge in [-0.25, -0.2) is 9.97 Å². The summed E-state index contributed by atoms with van der Waals surface area (Å²) in [5.74, 6) is 2.34. The van der Waals surface area contributed by atoms with E-state index in [1.165, 1.54) is 11.3 Å². The number of anilines is 1. The van der Waals surface area contributed by atoms with Crippen molar-refractivity contribution in [2.24, 2.45) is 5.92 Å². The zero-order valence-corrected chi connectivity index (χ0v) is 19.1. The second-order valence-corrected chi connectivity index (χ2v) is 9.29. The Balaban J connectivity index is 1.29. The van der Waals surface area contributed by atoms with Crippen molar-refractivity contribution < 1.29 is 9.53 Å². The lowest BCUT2D eigenvalue weighted by Gasteiger charge is -2.36. The maximum atomic E-state index is 13.2. The molecule has 0 unspecified atom stereocenters. The van der Waals surface area contributed by atoms with Crippen LogP contribution in [0.3, 0.4) is 0 Å². The molecule has 2 saturated heterocycles. The van der Waals surface area contributed by atoms with Crippen molar-refractivity contribution in [1.29, 1.82) is 0 Å². The molecule has 0 bridgehead atoms. The predicted octanol–water partition coefficient (Wildman–Crippen LogP) is 3.88. The summed E-state index contributed by atoms with van der Waals surface area (Å²) >= 11 is 0. The number of likely N-dealkylation sites (N-methyl/N-ethyl adjacent to an activating group) is 1. The van der Waals surface area contributed by atoms with E-state index >= 15 is 0 Å². The quantitative estimate of drug-likeness (QED) is 0.691. The fraction of sp³-hybridized carbons (Fsp3) is 0.577. The first-order valence-corrected chi connectivity index (χ1v) is 12.3. The van der Waals surface area contributed by atoms with Crippen molar-refractivity contribution in [2.75, 3.05) is 37.7 Å². The van der Waals surface area contributed by atoms with Crippen LogP contribution in [0.1, 0.15) is 50.3 Å². The van der Waals surface area contributed by atoms with Crippen LogP contribution >= 0.6 is 0 Å². The van der Waals surface area contributed by atoms with E-state index in [0.717, 1.165) is 94.9 Å². The van der Waals surface area contributed by atoms with Crippen molar-refractivity contribution in [2.45, 2.75) is 58.0 Å². The Morgan fingerprint density at radius 1 is 1.09 bits per heavy atom. The molecule has 2 fully saturated rings. The number of carbonyl (C=O) groups is 1. The van der Waals surface area contributed by atoms with Crippen LogP contribution in [-0.2, 0) is 22.4 Å². The molecule has 5 rings (SSSR count). The third kappa shape index (κ3) is 4.38. The summed E-state index contributed by atoms with van der Waals surface area (Å²) in [6, 6.07) is 10.3. The van der Waals surface area contributed by atoms with Crippen molar-refractivity contribution in [1.82, 2.24) is 14.9 Å². The van der Waals surface area contributed by atoms with Crippen molar-refractivity contribution >= 4 is 11.7 Å². The minimum absolute atomic E-state index is 0.107. The number of ether oxygens (including phenoxy) is 1. The van der Waals surface area contributed by atoms with E-state index in [4.69, 9.17) is 14.7 Å². The molecule has 1 aromatic heterocycles. The van der Waals surface area contributed by atoms with Crippen molar-refractivity contribution in [3.8, 4) is 11.4 Å². The molecule has 6 nitrogen and oxygen atoms in total. The summed E-state index contributed by atoms with van der Waals surface area (Å²) < 4.78 is 5.77. The molecule has 0 radical (unpaired) electrons. The highest BCUT2D eigenvalue weighted by Gasteiger charge is 2.32. The Hall–Kier alpha value is -2.47. The van der Waals surface area contributed by atoms with Crippen LogP contribution in [-0.4, -0.2) is 59.7 Å². The molecule has 170 valence electrons. The number of rotatable bonds is 6. The lowest BCUT2D eigenvalue weighted by molar-refractivity contribution is -0.137. The minimum atomic E-state index is 0.107. The molecule has 2 aromatic rings. The summed E-state index contributed by atoms with van der Waals surface area (Å²) in [6.07, 6.45) is 7.43. The molecule has 32 heavy (non-hydrogen) atoms. The fourth-order valence-electron chi connectivity index (χ4n) is 5.40. The number of aromatic nitrogens is 2. The Kier molecular flexibility index (Phi) is 6.39. The van der Waals surface area contributed by atoms with E-state index in [-0.39, 0.29) is 12.0 Å². The van der Waals surface area contributed by atoms with Gasteiger partial charge in [-0.3, -0.25) is 4.79 Å². The Morgan fingerprint density at radius 3 is 2.62 bits per heavy atom. The van der Waals surface area contributed by atoms with Gasteiger partial charge in [-0.1, -0.05) is 30.3 Å². The average molecular weight is 435 g/mol. The number of piperidine rings is 1. The normalized spacial score (nSPS) is 21.0. The topological polar surface area (TPSA) is 58.6 Å². The number of aryl methyl sites for hydroxylation is 1. The summed E-state index contributed by atoms with van der Waals surface area (Å²) in [6.45, 7) is 6.19. The molecule has 1 aliphatic carbocycles. The Bertz CT molecular complexity index is 934. The number of carbonyl (C=O) groups excluding carboxylic acids is 1. The van der Waals surface area contributed by atoms with Gasteiger partial charge in [0.15, 0.2) is 5.82 Å². The van der Waals surface area contributed by atoms with Gasteiger partial charge in [-0.05, 0) is 51.9 Å². The number of fused-ring (bicyclic) bond motifs is 1. The number of benzene rings is 1. The minimum Gasteiger partial charge on any atom is -0.376 e. The van der Waals surface area contributed by atoms with Gasteiger partial charge in [-0.15, -0.1) is 0 Å². The third-order valence-electron chi connectivity index (χ3n) is 7.23. The number of nitrogens with zero attached hydrogens (tertiary/aromatic N) is 4. The van der Waals surface area contributed by atoms with Crippen LogP contribution in [0.2, 0.25) is 0 Å². The molecule has 0 spiro atoms. The molecular weight excluding hydrogens is 400 g/mol. The molecule has 1 amide bonds. The molecular formula is C26H34N4O2. The van der Waals surface area contributed by atoms with Crippen LogP contribution in [0.4, 0.5) is 5.82 Å². The lowest BCUT2D eigenvalue weighted by atomic mass is 9.94. The lowest BCUT2D eigenvalue weighted by Crippen LogP contribution is -2.45. The van der Waals surface area contributed by atoms with Gasteiger partial charge in [0.2, 0.25) is 5.91 Å². The molecule has 0 saturated carbocycles. The van der Waals surface area contributed by atoms with Crippen LogP contribution < -0.4 is 4.90 Å². The third-order valence-corrected chi connectivity index (χ3v) is 7.23. The summed E-state index contributed by atoms with van der Waals surface area (Å²) in [5.41, 5.74) is 3.60. The second-order valence-electron chi connectivity index (χ2n) is 9.29. The first-order valence-electron chi connectivity index (χ1n) is 12.3. The maximum Gasteiger partial charge on any atom is 0.225 e. The number of hydrogen-bond donors (Lipinski definition) is 0. The highest BCUT2D eigenvalue weighted by Crippen LogP contribution is 2.34. The van der Waals surface area contributed by atoms with Crippen LogP contribution in [0.15, 0.2) is 30.3 Å². The molecule has 2 aliphatic heterocycles. The average Bonchev–Trinajstić information content (AvgIpc) is 3.54. The van der Waals surface area contributed by atoms with E-state index in [0.29, 0.717) is 5.91 Å². The van der Waals surface area contributed by atoms with Crippen molar-refractivity contribution in [3.63, 3.8) is 0 Å². The first kappa shape index (κ1) is 21.4. The zero-order chi connectivity index (χ0) is 21.9. The summed E-state index contributed by atoms with van der Waals surface area (Å²) in [5, 5.41) is 0. The van der Waals surface area contributed by atoms with E-state index in [9.17, 15) is 4.79 Å². The molecule has 3 aliphatic rings. The Morgan fingerprint density at radius 2 is 1.91 bits per heavy atom. The van der Waals surface area contributed by atoms with Crippen LogP contribution in [0.5, 0.6) is 0 Å². The highest BCUT2D eigenvalue weighted by molar-refractivity contribution is 5.79. The largest absolute Gasteiger partial charge is 0.376 e. The van der Waals surface area contributed by atoms with Gasteiger partial charge < -0.3 is 14.5 Å². The predicted molar refractivity (Wildman–Crippen MR) is 126 cm³/mol. The monoisotopic (exact) mass is 434 g/mol. The van der Waals surface area contributed by atoms with Crippen LogP contribution in [0, 0.1) is 5.92 Å². The first-order chi connectivity index (χ1) is 15.7. The maximum absolute atomic E-state index is 13.2. The van der Waals surface area contributed by atoms with Gasteiger partial charge >= 0.3 is 0 Å². The van der Waals surface area contributed by atoms with Crippen LogP contribution in [0.25, 0.3) is 11.4 Å². The summed E-state index contributed by atoms with van der Waals surface area (Å²) in [7, 11) is 0. The Labute approximate surface area is 191 Å². The number of amides is 1. The van der Waals surface area contributed by atoms with E-state index < -0.39 is 0 Å². The van der Waals surface area contributed by atoms with Crippen molar-refractivity contribution in [3.05, 3.63) is 41.6 Å². The highest BCUT2D eigenvalue weighted by atomic mass is 16.5. The molecule has 1 aromatic carbocycles. The standard InChI is InChI=1S/C26H34N4O2/c1-2-29(18-21-10-7-17-32-21)26(31)20-13-15-30(16-14-20)25-22-11-6-12-23(22)27-24(28-25)19-8-4-3-5-9-19/h3-5,8-9,20-21H,2,6-7,10-18H2,1H3/t21-/m1/s1. The van der Waals surface area contributed by atoms with Gasteiger partial charge in [0.25, 0.3) is 0 Å². The van der Waals surface area contributed by atoms with E-state index in [2.05, 4.69) is 24.0 Å². The summed E-state index contributed by atoms with van der Waals surface area (Å²) in [4.78, 5) is 27.6. The fourth-order valence-corrected chi connectivity index (χ4v) is 5.40. The number of hydrogen-bond acceptors (Lipinski definition) is 5. The zero-order valence-electron chi connectivity index (χ0n) is 19.1. The van der Waals surface area contributed by atoms with E-state index in [1.807, 2.05) is 23.1 Å². The van der Waals surface area contributed by atoms with Gasteiger partial charge in [0, 0.05) is 55.5 Å². The van der Waals surface area contributed by atoms with Gasteiger partial charge in [-0.2, -0.15) is 0 Å². The molecule has 0 N–H and O–H groups in total. The molecule has 1 atom stereocenters. The van der Waals surface area contributed by atoms with Gasteiger partial charge in [0.1, 0.15) is 5.82 Å².